The number of nitrogens with zero attached hydrogens (tertiary/aromatic N) is 5. The summed E-state index contributed by atoms with van der Waals surface area (Å²) >= 11 is 0. The van der Waals surface area contributed by atoms with Gasteiger partial charge in [0.05, 0.1) is 29.0 Å². The topological polar surface area (TPSA) is 104 Å². The fourth-order valence-corrected chi connectivity index (χ4v) is 4.82. The molecule has 0 bridgehead atoms. The van der Waals surface area contributed by atoms with Crippen molar-refractivity contribution >= 4 is 33.4 Å². The SMILES string of the molecule is CNc1cc(F)c2c3c1[nH]c1nc(Oc4cnc(C)nc4)nc(c13)N1CCC[C@H]1CNC2. The molecule has 0 spiro atoms. The lowest BCUT2D eigenvalue weighted by Gasteiger charge is -2.26. The smallest absolute Gasteiger partial charge is 0.326 e. The van der Waals surface area contributed by atoms with Gasteiger partial charge in [-0.15, -0.1) is 0 Å². The number of H-pyrrole nitrogens is 1. The molecule has 1 aromatic carbocycles. The van der Waals surface area contributed by atoms with Crippen LogP contribution in [0.25, 0.3) is 21.9 Å². The third kappa shape index (κ3) is 2.94. The lowest BCUT2D eigenvalue weighted by molar-refractivity contribution is 0.438. The van der Waals surface area contributed by atoms with Crippen molar-refractivity contribution in [1.29, 1.82) is 0 Å². The Hall–Kier alpha value is -3.53. The molecule has 0 unspecified atom stereocenters. The van der Waals surface area contributed by atoms with Crippen LogP contribution in [-0.2, 0) is 6.54 Å². The van der Waals surface area contributed by atoms with Crippen molar-refractivity contribution in [2.45, 2.75) is 32.4 Å². The Kier molecular flexibility index (Phi) is 4.35. The van der Waals surface area contributed by atoms with Crippen molar-refractivity contribution in [2.75, 3.05) is 30.4 Å². The van der Waals surface area contributed by atoms with Crippen LogP contribution in [0, 0.1) is 12.7 Å². The van der Waals surface area contributed by atoms with E-state index in [0.717, 1.165) is 48.0 Å². The van der Waals surface area contributed by atoms with E-state index < -0.39 is 0 Å². The van der Waals surface area contributed by atoms with Gasteiger partial charge in [0.2, 0.25) is 0 Å². The second-order valence-corrected chi connectivity index (χ2v) is 8.25. The van der Waals surface area contributed by atoms with E-state index in [1.165, 1.54) is 6.07 Å². The van der Waals surface area contributed by atoms with E-state index in [-0.39, 0.29) is 17.9 Å². The summed E-state index contributed by atoms with van der Waals surface area (Å²) in [4.78, 5) is 23.5. The largest absolute Gasteiger partial charge is 0.421 e. The molecule has 0 aliphatic carbocycles. The third-order valence-corrected chi connectivity index (χ3v) is 6.31. The second-order valence-electron chi connectivity index (χ2n) is 8.25. The van der Waals surface area contributed by atoms with Crippen LogP contribution < -0.4 is 20.3 Å². The van der Waals surface area contributed by atoms with Crippen LogP contribution in [0.4, 0.5) is 15.9 Å². The standard InChI is InChI=1S/C22H23FN8O/c1-11-26-8-13(9-27-11)32-22-29-20-18-17-14(15(23)6-16(24-2)19(17)28-20)10-25-7-12-4-3-5-31(12)21(18)30-22/h6,8-9,12,24-25H,3-5,7,10H2,1-2H3,(H,28,29,30)/t12-/m0/s1. The van der Waals surface area contributed by atoms with Crippen LogP contribution in [-0.4, -0.2) is 51.1 Å². The number of aryl methyl sites for hydroxylation is 1. The average Bonchev–Trinajstić information content (AvgIpc) is 3.41. The van der Waals surface area contributed by atoms with Crippen molar-refractivity contribution in [3.8, 4) is 11.8 Å². The van der Waals surface area contributed by atoms with Gasteiger partial charge in [0.25, 0.3) is 0 Å². The predicted molar refractivity (Wildman–Crippen MR) is 120 cm³/mol. The Morgan fingerprint density at radius 1 is 1.22 bits per heavy atom. The van der Waals surface area contributed by atoms with Crippen LogP contribution >= 0.6 is 0 Å². The molecule has 10 heteroatoms. The molecule has 3 aromatic heterocycles. The Morgan fingerprint density at radius 2 is 2.06 bits per heavy atom. The number of anilines is 2. The predicted octanol–water partition coefficient (Wildman–Crippen LogP) is 3.25. The molecule has 4 aromatic rings. The molecular formula is C22H23FN8O. The Bertz CT molecular complexity index is 1340. The number of fused-ring (bicyclic) bond motifs is 2. The van der Waals surface area contributed by atoms with Crippen molar-refractivity contribution in [3.05, 3.63) is 35.7 Å². The molecule has 1 saturated heterocycles. The monoisotopic (exact) mass is 434 g/mol. The molecule has 1 fully saturated rings. The van der Waals surface area contributed by atoms with Crippen LogP contribution in [0.3, 0.4) is 0 Å². The van der Waals surface area contributed by atoms with E-state index in [0.29, 0.717) is 35.0 Å². The number of aromatic amines is 1. The van der Waals surface area contributed by atoms with Gasteiger partial charge in [-0.25, -0.2) is 14.4 Å². The highest BCUT2D eigenvalue weighted by molar-refractivity contribution is 6.16. The molecular weight excluding hydrogens is 411 g/mol. The summed E-state index contributed by atoms with van der Waals surface area (Å²) in [7, 11) is 1.78. The summed E-state index contributed by atoms with van der Waals surface area (Å²) in [6.07, 6.45) is 5.33. The lowest BCUT2D eigenvalue weighted by Crippen LogP contribution is -2.38. The molecule has 0 amide bonds. The van der Waals surface area contributed by atoms with Gasteiger partial charge in [-0.3, -0.25) is 0 Å². The zero-order valence-corrected chi connectivity index (χ0v) is 17.9. The highest BCUT2D eigenvalue weighted by Gasteiger charge is 2.32. The second kappa shape index (κ2) is 7.27. The summed E-state index contributed by atoms with van der Waals surface area (Å²) in [6, 6.07) is 2.01. The van der Waals surface area contributed by atoms with E-state index in [9.17, 15) is 0 Å². The molecule has 0 saturated carbocycles. The van der Waals surface area contributed by atoms with Gasteiger partial charge in [0.15, 0.2) is 5.75 Å². The Morgan fingerprint density at radius 3 is 2.88 bits per heavy atom. The van der Waals surface area contributed by atoms with E-state index in [2.05, 4.69) is 35.5 Å². The van der Waals surface area contributed by atoms with Gasteiger partial charge in [-0.05, 0) is 25.8 Å². The van der Waals surface area contributed by atoms with Gasteiger partial charge >= 0.3 is 6.01 Å². The first-order valence-corrected chi connectivity index (χ1v) is 10.8. The molecule has 0 radical (unpaired) electrons. The summed E-state index contributed by atoms with van der Waals surface area (Å²) in [5.41, 5.74) is 2.72. The van der Waals surface area contributed by atoms with Crippen LogP contribution in [0.2, 0.25) is 0 Å². The highest BCUT2D eigenvalue weighted by Crippen LogP contribution is 2.41. The van der Waals surface area contributed by atoms with Crippen LogP contribution in [0.1, 0.15) is 24.2 Å². The number of rotatable bonds is 3. The van der Waals surface area contributed by atoms with Gasteiger partial charge in [0, 0.05) is 43.7 Å². The minimum absolute atomic E-state index is 0.206. The van der Waals surface area contributed by atoms with E-state index in [4.69, 9.17) is 9.72 Å². The summed E-state index contributed by atoms with van der Waals surface area (Å²) in [5.74, 6) is 1.64. The number of aromatic nitrogens is 5. The van der Waals surface area contributed by atoms with Crippen LogP contribution in [0.5, 0.6) is 11.8 Å². The van der Waals surface area contributed by atoms with E-state index in [1.807, 2.05) is 6.92 Å². The van der Waals surface area contributed by atoms with Crippen molar-refractivity contribution in [2.24, 2.45) is 0 Å². The molecule has 3 N–H and O–H groups in total. The zero-order valence-electron chi connectivity index (χ0n) is 17.9. The van der Waals surface area contributed by atoms with Gasteiger partial charge in [-0.2, -0.15) is 9.97 Å². The van der Waals surface area contributed by atoms with E-state index in [1.54, 1.807) is 19.4 Å². The van der Waals surface area contributed by atoms with Crippen molar-refractivity contribution in [3.63, 3.8) is 0 Å². The minimum atomic E-state index is -0.250. The fourth-order valence-electron chi connectivity index (χ4n) is 4.82. The number of halogens is 1. The number of hydrogen-bond donors (Lipinski definition) is 3. The quantitative estimate of drug-likeness (QED) is 0.451. The van der Waals surface area contributed by atoms with Crippen LogP contribution in [0.15, 0.2) is 18.5 Å². The molecule has 32 heavy (non-hydrogen) atoms. The Balaban J connectivity index is 1.63. The fraction of sp³-hybridized carbons (Fsp3) is 0.364. The molecule has 2 aliphatic heterocycles. The zero-order chi connectivity index (χ0) is 21.8. The number of benzene rings is 1. The first-order chi connectivity index (χ1) is 15.6. The maximum Gasteiger partial charge on any atom is 0.326 e. The summed E-state index contributed by atoms with van der Waals surface area (Å²) in [5, 5.41) is 8.19. The highest BCUT2D eigenvalue weighted by atomic mass is 19.1. The van der Waals surface area contributed by atoms with Gasteiger partial charge < -0.3 is 25.3 Å². The maximum absolute atomic E-state index is 15.2. The molecule has 164 valence electrons. The molecule has 1 atom stereocenters. The summed E-state index contributed by atoms with van der Waals surface area (Å²) in [6.45, 7) is 3.90. The van der Waals surface area contributed by atoms with Crippen molar-refractivity contribution < 1.29 is 9.13 Å². The Labute approximate surface area is 183 Å². The van der Waals surface area contributed by atoms with Crippen molar-refractivity contribution in [1.82, 2.24) is 30.2 Å². The number of ether oxygens (including phenoxy) is 1. The van der Waals surface area contributed by atoms with Gasteiger partial charge in [0.1, 0.15) is 23.1 Å². The third-order valence-electron chi connectivity index (χ3n) is 6.31. The number of hydrogen-bond acceptors (Lipinski definition) is 8. The molecule has 2 aliphatic rings. The molecule has 9 nitrogen and oxygen atoms in total. The normalized spacial score (nSPS) is 18.0. The first kappa shape index (κ1) is 19.2. The maximum atomic E-state index is 15.2. The average molecular weight is 434 g/mol. The molecule has 5 heterocycles. The minimum Gasteiger partial charge on any atom is -0.421 e. The lowest BCUT2D eigenvalue weighted by atomic mass is 10.0. The first-order valence-electron chi connectivity index (χ1n) is 10.8. The number of nitrogens with one attached hydrogen (secondary N) is 3. The summed E-state index contributed by atoms with van der Waals surface area (Å²) < 4.78 is 21.1. The van der Waals surface area contributed by atoms with Gasteiger partial charge in [-0.1, -0.05) is 0 Å². The van der Waals surface area contributed by atoms with E-state index >= 15 is 4.39 Å². The molecule has 6 rings (SSSR count).